The van der Waals surface area contributed by atoms with E-state index in [1.807, 2.05) is 6.92 Å². The lowest BCUT2D eigenvalue weighted by molar-refractivity contribution is -0.119. The average molecular weight is 182 g/mol. The molecule has 0 unspecified atom stereocenters. The van der Waals surface area contributed by atoms with Gasteiger partial charge in [0, 0.05) is 12.8 Å². The first-order valence-corrected chi connectivity index (χ1v) is 5.65. The van der Waals surface area contributed by atoms with E-state index in [0.717, 1.165) is 37.0 Å². The fraction of sp³-hybridized carbons (Fsp3) is 0.917. The summed E-state index contributed by atoms with van der Waals surface area (Å²) in [6.45, 7) is 6.57. The molecule has 1 nitrogen and oxygen atoms in total. The molecule has 0 saturated heterocycles. The number of rotatable bonds is 5. The Morgan fingerprint density at radius 2 is 2.00 bits per heavy atom. The van der Waals surface area contributed by atoms with Crippen molar-refractivity contribution in [2.45, 2.75) is 52.9 Å². The molecule has 0 amide bonds. The van der Waals surface area contributed by atoms with Gasteiger partial charge in [-0.25, -0.2) is 0 Å². The average Bonchev–Trinajstić information content (AvgIpc) is 2.00. The Morgan fingerprint density at radius 1 is 1.38 bits per heavy atom. The van der Waals surface area contributed by atoms with Crippen LogP contribution in [0.25, 0.3) is 0 Å². The largest absolute Gasteiger partial charge is 0.300 e. The Kier molecular flexibility index (Phi) is 3.95. The summed E-state index contributed by atoms with van der Waals surface area (Å²) in [6.07, 6.45) is 5.44. The quantitative estimate of drug-likeness (QED) is 0.636. The predicted molar refractivity (Wildman–Crippen MR) is 55.6 cm³/mol. The van der Waals surface area contributed by atoms with Crippen LogP contribution in [0.3, 0.4) is 0 Å². The van der Waals surface area contributed by atoms with E-state index < -0.39 is 0 Å². The fourth-order valence-electron chi connectivity index (χ4n) is 2.11. The van der Waals surface area contributed by atoms with Crippen LogP contribution < -0.4 is 0 Å². The maximum atomic E-state index is 11.1. The van der Waals surface area contributed by atoms with Crippen LogP contribution in [0, 0.1) is 17.8 Å². The molecule has 1 aliphatic carbocycles. The summed E-state index contributed by atoms with van der Waals surface area (Å²) in [4.78, 5) is 11.1. The van der Waals surface area contributed by atoms with Gasteiger partial charge in [0.05, 0.1) is 0 Å². The van der Waals surface area contributed by atoms with Crippen LogP contribution in [0.15, 0.2) is 0 Å². The summed E-state index contributed by atoms with van der Waals surface area (Å²) >= 11 is 0. The standard InChI is InChI=1S/C12H22O/c1-4-12(13)6-5-10-7-11(8-10)9(2)3/h9-11H,4-8H2,1-3H3. The van der Waals surface area contributed by atoms with Crippen LogP contribution in [0.2, 0.25) is 0 Å². The summed E-state index contributed by atoms with van der Waals surface area (Å²) < 4.78 is 0. The number of ketones is 1. The smallest absolute Gasteiger partial charge is 0.132 e. The Labute approximate surface area is 81.9 Å². The third-order valence-corrected chi connectivity index (χ3v) is 3.44. The van der Waals surface area contributed by atoms with Gasteiger partial charge in [0.2, 0.25) is 0 Å². The lowest BCUT2D eigenvalue weighted by Crippen LogP contribution is -2.28. The molecule has 1 fully saturated rings. The molecule has 13 heavy (non-hydrogen) atoms. The Hall–Kier alpha value is -0.330. The first-order chi connectivity index (χ1) is 6.13. The third-order valence-electron chi connectivity index (χ3n) is 3.44. The van der Waals surface area contributed by atoms with Crippen molar-refractivity contribution >= 4 is 5.78 Å². The highest BCUT2D eigenvalue weighted by Crippen LogP contribution is 2.41. The minimum Gasteiger partial charge on any atom is -0.300 e. The van der Waals surface area contributed by atoms with Crippen molar-refractivity contribution < 1.29 is 4.79 Å². The topological polar surface area (TPSA) is 17.1 Å². The van der Waals surface area contributed by atoms with E-state index in [-0.39, 0.29) is 0 Å². The molecular weight excluding hydrogens is 160 g/mol. The number of Topliss-reactive ketones (excluding diaryl/α,β-unsaturated/α-hetero) is 1. The van der Waals surface area contributed by atoms with E-state index >= 15 is 0 Å². The Morgan fingerprint density at radius 3 is 2.46 bits per heavy atom. The molecule has 1 aliphatic rings. The molecule has 1 heteroatoms. The zero-order valence-corrected chi connectivity index (χ0v) is 9.18. The van der Waals surface area contributed by atoms with Gasteiger partial charge in [-0.1, -0.05) is 20.8 Å². The van der Waals surface area contributed by atoms with Crippen molar-refractivity contribution in [3.8, 4) is 0 Å². The first kappa shape index (κ1) is 10.7. The van der Waals surface area contributed by atoms with Crippen LogP contribution in [0.5, 0.6) is 0 Å². The molecule has 0 atom stereocenters. The van der Waals surface area contributed by atoms with Crippen LogP contribution in [0.4, 0.5) is 0 Å². The van der Waals surface area contributed by atoms with Crippen molar-refractivity contribution in [1.82, 2.24) is 0 Å². The zero-order chi connectivity index (χ0) is 9.84. The van der Waals surface area contributed by atoms with Crippen LogP contribution in [-0.2, 0) is 4.79 Å². The molecule has 76 valence electrons. The van der Waals surface area contributed by atoms with Crippen molar-refractivity contribution in [3.05, 3.63) is 0 Å². The van der Waals surface area contributed by atoms with Gasteiger partial charge in [0.1, 0.15) is 5.78 Å². The first-order valence-electron chi connectivity index (χ1n) is 5.65. The second-order valence-electron chi connectivity index (χ2n) is 4.77. The Balaban J connectivity index is 2.05. The molecule has 0 N–H and O–H groups in total. The van der Waals surface area contributed by atoms with E-state index in [4.69, 9.17) is 0 Å². The predicted octanol–water partition coefficient (Wildman–Crippen LogP) is 3.43. The number of hydrogen-bond donors (Lipinski definition) is 0. The molecule has 1 saturated carbocycles. The summed E-state index contributed by atoms with van der Waals surface area (Å²) in [7, 11) is 0. The fourth-order valence-corrected chi connectivity index (χ4v) is 2.11. The molecule has 0 radical (unpaired) electrons. The molecular formula is C12H22O. The maximum absolute atomic E-state index is 11.1. The molecule has 0 aliphatic heterocycles. The molecule has 0 spiro atoms. The monoisotopic (exact) mass is 182 g/mol. The van der Waals surface area contributed by atoms with Gasteiger partial charge >= 0.3 is 0 Å². The van der Waals surface area contributed by atoms with Gasteiger partial charge in [-0.3, -0.25) is 4.79 Å². The van der Waals surface area contributed by atoms with E-state index in [9.17, 15) is 4.79 Å². The van der Waals surface area contributed by atoms with Crippen molar-refractivity contribution in [1.29, 1.82) is 0 Å². The molecule has 0 heterocycles. The number of hydrogen-bond acceptors (Lipinski definition) is 1. The normalized spacial score (nSPS) is 27.4. The lowest BCUT2D eigenvalue weighted by atomic mass is 9.68. The SMILES string of the molecule is CCC(=O)CCC1CC(C(C)C)C1. The third kappa shape index (κ3) is 3.13. The number of carbonyl (C=O) groups excluding carboxylic acids is 1. The molecule has 0 bridgehead atoms. The second kappa shape index (κ2) is 4.78. The van der Waals surface area contributed by atoms with E-state index in [1.54, 1.807) is 0 Å². The molecule has 0 aromatic heterocycles. The van der Waals surface area contributed by atoms with Gasteiger partial charge < -0.3 is 0 Å². The highest BCUT2D eigenvalue weighted by molar-refractivity contribution is 5.77. The minimum atomic E-state index is 0.438. The van der Waals surface area contributed by atoms with E-state index in [0.29, 0.717) is 5.78 Å². The van der Waals surface area contributed by atoms with E-state index in [1.165, 1.54) is 12.8 Å². The van der Waals surface area contributed by atoms with Gasteiger partial charge in [-0.05, 0) is 37.0 Å². The minimum absolute atomic E-state index is 0.438. The second-order valence-corrected chi connectivity index (χ2v) is 4.77. The summed E-state index contributed by atoms with van der Waals surface area (Å²) in [5.41, 5.74) is 0. The lowest BCUT2D eigenvalue weighted by Gasteiger charge is -2.38. The van der Waals surface area contributed by atoms with Crippen molar-refractivity contribution in [3.63, 3.8) is 0 Å². The van der Waals surface area contributed by atoms with Gasteiger partial charge in [0.15, 0.2) is 0 Å². The van der Waals surface area contributed by atoms with E-state index in [2.05, 4.69) is 13.8 Å². The van der Waals surface area contributed by atoms with Gasteiger partial charge in [-0.15, -0.1) is 0 Å². The molecule has 1 rings (SSSR count). The van der Waals surface area contributed by atoms with Crippen molar-refractivity contribution in [2.24, 2.45) is 17.8 Å². The molecule has 0 aromatic rings. The molecule has 0 aromatic carbocycles. The number of carbonyl (C=O) groups is 1. The van der Waals surface area contributed by atoms with Crippen molar-refractivity contribution in [2.75, 3.05) is 0 Å². The maximum Gasteiger partial charge on any atom is 0.132 e. The summed E-state index contributed by atoms with van der Waals surface area (Å²) in [5, 5.41) is 0. The zero-order valence-electron chi connectivity index (χ0n) is 9.18. The highest BCUT2D eigenvalue weighted by atomic mass is 16.1. The van der Waals surface area contributed by atoms with Gasteiger partial charge in [-0.2, -0.15) is 0 Å². The summed E-state index contributed by atoms with van der Waals surface area (Å²) in [6, 6.07) is 0. The van der Waals surface area contributed by atoms with Crippen LogP contribution in [-0.4, -0.2) is 5.78 Å². The Bertz CT molecular complexity index is 166. The summed E-state index contributed by atoms with van der Waals surface area (Å²) in [5.74, 6) is 3.09. The van der Waals surface area contributed by atoms with Crippen LogP contribution in [0.1, 0.15) is 52.9 Å². The highest BCUT2D eigenvalue weighted by Gasteiger charge is 2.30. The van der Waals surface area contributed by atoms with Crippen LogP contribution >= 0.6 is 0 Å². The van der Waals surface area contributed by atoms with Gasteiger partial charge in [0.25, 0.3) is 0 Å².